The highest BCUT2D eigenvalue weighted by Crippen LogP contribution is 2.20. The van der Waals surface area contributed by atoms with E-state index in [-0.39, 0.29) is 0 Å². The first kappa shape index (κ1) is 17.2. The zero-order valence-corrected chi connectivity index (χ0v) is 15.2. The van der Waals surface area contributed by atoms with Crippen LogP contribution in [0.2, 0.25) is 0 Å². The molecular formula is C20H22N6O. The molecule has 0 aliphatic rings. The van der Waals surface area contributed by atoms with Crippen LogP contribution in [0.4, 0.5) is 11.8 Å². The van der Waals surface area contributed by atoms with Crippen molar-refractivity contribution in [2.75, 3.05) is 37.4 Å². The summed E-state index contributed by atoms with van der Waals surface area (Å²) >= 11 is 0. The van der Waals surface area contributed by atoms with Gasteiger partial charge in [0, 0.05) is 20.2 Å². The minimum Gasteiger partial charge on any atom is -0.383 e. The molecule has 2 aromatic heterocycles. The van der Waals surface area contributed by atoms with Crippen LogP contribution in [0.5, 0.6) is 0 Å². The number of ether oxygens (including phenoxy) is 1. The summed E-state index contributed by atoms with van der Waals surface area (Å²) < 4.78 is 5.09. The number of rotatable bonds is 8. The third-order valence-corrected chi connectivity index (χ3v) is 4.44. The molecule has 0 unspecified atom stereocenters. The molecule has 2 heterocycles. The molecular weight excluding hydrogens is 340 g/mol. The van der Waals surface area contributed by atoms with E-state index in [1.54, 1.807) is 13.4 Å². The van der Waals surface area contributed by atoms with Gasteiger partial charge in [-0.15, -0.1) is 0 Å². The van der Waals surface area contributed by atoms with E-state index >= 15 is 0 Å². The summed E-state index contributed by atoms with van der Waals surface area (Å²) in [5.41, 5.74) is 2.74. The average Bonchev–Trinajstić information content (AvgIpc) is 3.17. The van der Waals surface area contributed by atoms with Gasteiger partial charge in [0.1, 0.15) is 5.52 Å². The number of aromatic amines is 1. The van der Waals surface area contributed by atoms with Crippen molar-refractivity contribution in [1.82, 2.24) is 19.9 Å². The molecule has 0 bridgehead atoms. The molecule has 0 aliphatic carbocycles. The first-order valence-corrected chi connectivity index (χ1v) is 8.99. The predicted octanol–water partition coefficient (Wildman–Crippen LogP) is 3.22. The fourth-order valence-corrected chi connectivity index (χ4v) is 3.13. The fourth-order valence-electron chi connectivity index (χ4n) is 3.13. The Kier molecular flexibility index (Phi) is 5.11. The summed E-state index contributed by atoms with van der Waals surface area (Å²) in [5, 5.41) is 9.13. The number of H-pyrrole nitrogens is 1. The molecule has 0 atom stereocenters. The molecule has 0 amide bonds. The van der Waals surface area contributed by atoms with Gasteiger partial charge in [-0.1, -0.05) is 42.5 Å². The Labute approximate surface area is 157 Å². The molecule has 4 rings (SSSR count). The van der Waals surface area contributed by atoms with Gasteiger partial charge < -0.3 is 20.4 Å². The second-order valence-electron chi connectivity index (χ2n) is 6.23. The number of hydrogen-bond acceptors (Lipinski definition) is 6. The average molecular weight is 362 g/mol. The van der Waals surface area contributed by atoms with Crippen LogP contribution in [0.15, 0.2) is 48.8 Å². The predicted molar refractivity (Wildman–Crippen MR) is 108 cm³/mol. The number of hydrogen-bond donors (Lipinski definition) is 3. The number of nitrogens with one attached hydrogen (secondary N) is 3. The van der Waals surface area contributed by atoms with E-state index < -0.39 is 0 Å². The topological polar surface area (TPSA) is 87.8 Å². The molecule has 4 aromatic rings. The largest absolute Gasteiger partial charge is 0.383 e. The Morgan fingerprint density at radius 2 is 1.89 bits per heavy atom. The van der Waals surface area contributed by atoms with Crippen LogP contribution in [0.25, 0.3) is 21.9 Å². The van der Waals surface area contributed by atoms with Gasteiger partial charge in [0.05, 0.1) is 12.9 Å². The first-order valence-electron chi connectivity index (χ1n) is 8.99. The molecule has 0 saturated carbocycles. The smallest absolute Gasteiger partial charge is 0.226 e. The molecule has 2 aromatic carbocycles. The number of nitrogens with zero attached hydrogens (tertiary/aromatic N) is 3. The Morgan fingerprint density at radius 1 is 1.00 bits per heavy atom. The Morgan fingerprint density at radius 3 is 2.81 bits per heavy atom. The van der Waals surface area contributed by atoms with E-state index in [4.69, 9.17) is 4.74 Å². The van der Waals surface area contributed by atoms with Crippen LogP contribution < -0.4 is 10.6 Å². The van der Waals surface area contributed by atoms with E-state index in [1.807, 2.05) is 0 Å². The van der Waals surface area contributed by atoms with E-state index in [1.165, 1.54) is 16.3 Å². The van der Waals surface area contributed by atoms with E-state index in [9.17, 15) is 0 Å². The van der Waals surface area contributed by atoms with Crippen LogP contribution in [-0.4, -0.2) is 46.7 Å². The van der Waals surface area contributed by atoms with E-state index in [0.29, 0.717) is 24.7 Å². The minimum absolute atomic E-state index is 0.565. The lowest BCUT2D eigenvalue weighted by atomic mass is 10.0. The van der Waals surface area contributed by atoms with Crippen molar-refractivity contribution in [3.63, 3.8) is 0 Å². The number of benzene rings is 2. The second kappa shape index (κ2) is 8.01. The van der Waals surface area contributed by atoms with Crippen molar-refractivity contribution in [3.8, 4) is 0 Å². The maximum absolute atomic E-state index is 5.09. The van der Waals surface area contributed by atoms with Crippen molar-refractivity contribution in [1.29, 1.82) is 0 Å². The van der Waals surface area contributed by atoms with Crippen molar-refractivity contribution in [2.45, 2.75) is 6.42 Å². The first-order chi connectivity index (χ1) is 13.3. The monoisotopic (exact) mass is 362 g/mol. The summed E-state index contributed by atoms with van der Waals surface area (Å²) in [7, 11) is 1.67. The summed E-state index contributed by atoms with van der Waals surface area (Å²) in [6.45, 7) is 2.00. The van der Waals surface area contributed by atoms with Gasteiger partial charge in [-0.3, -0.25) is 0 Å². The van der Waals surface area contributed by atoms with Crippen molar-refractivity contribution >= 4 is 33.7 Å². The highest BCUT2D eigenvalue weighted by molar-refractivity contribution is 5.86. The second-order valence-corrected chi connectivity index (χ2v) is 6.23. The lowest BCUT2D eigenvalue weighted by Crippen LogP contribution is -2.13. The van der Waals surface area contributed by atoms with Crippen molar-refractivity contribution in [2.24, 2.45) is 0 Å². The zero-order chi connectivity index (χ0) is 18.5. The molecule has 0 radical (unpaired) electrons. The lowest BCUT2D eigenvalue weighted by molar-refractivity contribution is 0.210. The Hall–Kier alpha value is -3.19. The van der Waals surface area contributed by atoms with Gasteiger partial charge in [-0.2, -0.15) is 9.97 Å². The Balaban J connectivity index is 1.48. The molecule has 3 N–H and O–H groups in total. The minimum atomic E-state index is 0.565. The summed E-state index contributed by atoms with van der Waals surface area (Å²) in [5.74, 6) is 1.29. The number of methoxy groups -OCH3 is 1. The Bertz CT molecular complexity index is 1040. The number of aromatic nitrogens is 4. The fraction of sp³-hybridized carbons (Fsp3) is 0.250. The van der Waals surface area contributed by atoms with Gasteiger partial charge >= 0.3 is 0 Å². The van der Waals surface area contributed by atoms with E-state index in [2.05, 4.69) is 73.0 Å². The summed E-state index contributed by atoms with van der Waals surface area (Å²) in [4.78, 5) is 16.4. The molecule has 0 saturated heterocycles. The van der Waals surface area contributed by atoms with Gasteiger partial charge in [0.15, 0.2) is 11.5 Å². The maximum Gasteiger partial charge on any atom is 0.226 e. The van der Waals surface area contributed by atoms with Gasteiger partial charge in [-0.25, -0.2) is 4.98 Å². The number of anilines is 2. The molecule has 0 fully saturated rings. The van der Waals surface area contributed by atoms with Crippen molar-refractivity contribution in [3.05, 3.63) is 54.4 Å². The molecule has 27 heavy (non-hydrogen) atoms. The van der Waals surface area contributed by atoms with Crippen LogP contribution in [-0.2, 0) is 11.2 Å². The quantitative estimate of drug-likeness (QED) is 0.417. The van der Waals surface area contributed by atoms with Crippen LogP contribution in [0.1, 0.15) is 5.56 Å². The number of fused-ring (bicyclic) bond motifs is 2. The van der Waals surface area contributed by atoms with Crippen LogP contribution >= 0.6 is 0 Å². The van der Waals surface area contributed by atoms with Gasteiger partial charge in [0.2, 0.25) is 5.95 Å². The molecule has 0 spiro atoms. The molecule has 7 heteroatoms. The lowest BCUT2D eigenvalue weighted by Gasteiger charge is -2.10. The normalized spacial score (nSPS) is 11.1. The van der Waals surface area contributed by atoms with Gasteiger partial charge in [-0.05, 0) is 22.8 Å². The highest BCUT2D eigenvalue weighted by atomic mass is 16.5. The summed E-state index contributed by atoms with van der Waals surface area (Å²) in [6, 6.07) is 14.8. The highest BCUT2D eigenvalue weighted by Gasteiger charge is 2.09. The van der Waals surface area contributed by atoms with Crippen LogP contribution in [0.3, 0.4) is 0 Å². The van der Waals surface area contributed by atoms with E-state index in [0.717, 1.165) is 24.3 Å². The standard InChI is InChI=1S/C20H22N6O/c1-27-12-11-21-18-17-19(24-13-23-17)26-20(25-18)22-10-9-15-7-4-6-14-5-2-3-8-16(14)15/h2-8,13H,9-12H2,1H3,(H3,21,22,23,24,25,26). The van der Waals surface area contributed by atoms with Gasteiger partial charge in [0.25, 0.3) is 0 Å². The zero-order valence-electron chi connectivity index (χ0n) is 15.2. The SMILES string of the molecule is COCCNc1nc(NCCc2cccc3ccccc23)nc2nc[nH]c12. The van der Waals surface area contributed by atoms with Crippen LogP contribution in [0, 0.1) is 0 Å². The third kappa shape index (κ3) is 3.83. The van der Waals surface area contributed by atoms with Crippen molar-refractivity contribution < 1.29 is 4.74 Å². The molecule has 138 valence electrons. The third-order valence-electron chi connectivity index (χ3n) is 4.44. The summed E-state index contributed by atoms with van der Waals surface area (Å²) in [6.07, 6.45) is 2.51. The maximum atomic E-state index is 5.09. The molecule has 7 nitrogen and oxygen atoms in total. The molecule has 0 aliphatic heterocycles. The number of imidazole rings is 1.